The van der Waals surface area contributed by atoms with E-state index in [1.165, 1.54) is 0 Å². The van der Waals surface area contributed by atoms with Crippen molar-refractivity contribution in [3.05, 3.63) is 35.1 Å². The number of aliphatic hydroxyl groups is 1. The molecule has 0 spiro atoms. The van der Waals surface area contributed by atoms with Crippen molar-refractivity contribution in [1.29, 1.82) is 0 Å². The lowest BCUT2D eigenvalue weighted by Crippen LogP contribution is -2.18. The molecular weight excluding hydrogens is 237 g/mol. The van der Waals surface area contributed by atoms with Gasteiger partial charge in [-0.25, -0.2) is 13.2 Å². The summed E-state index contributed by atoms with van der Waals surface area (Å²) in [5.41, 5.74) is -0.194. The Hall–Kier alpha value is -1.56. The van der Waals surface area contributed by atoms with Crippen molar-refractivity contribution >= 4 is 5.97 Å². The molecule has 1 atom stereocenters. The molecule has 6 heteroatoms. The number of aliphatic hydroxyl groups excluding tert-OH is 1. The van der Waals surface area contributed by atoms with Crippen LogP contribution in [-0.4, -0.2) is 24.3 Å². The number of esters is 1. The summed E-state index contributed by atoms with van der Waals surface area (Å²) in [6, 6.07) is 1.06. The molecule has 0 aromatic heterocycles. The second-order valence-electron chi connectivity index (χ2n) is 3.50. The van der Waals surface area contributed by atoms with E-state index in [-0.39, 0.29) is 18.4 Å². The topological polar surface area (TPSA) is 46.5 Å². The normalized spacial score (nSPS) is 12.3. The van der Waals surface area contributed by atoms with E-state index in [0.29, 0.717) is 12.1 Å². The zero-order valence-corrected chi connectivity index (χ0v) is 9.04. The zero-order chi connectivity index (χ0) is 13.0. The highest BCUT2D eigenvalue weighted by Crippen LogP contribution is 2.16. The molecule has 0 heterocycles. The molecule has 0 radical (unpaired) electrons. The maximum Gasteiger partial charge on any atom is 0.308 e. The molecule has 0 aliphatic carbocycles. The highest BCUT2D eigenvalue weighted by Gasteiger charge is 2.16. The predicted molar refractivity (Wildman–Crippen MR) is 52.7 cm³/mol. The Morgan fingerprint density at radius 1 is 1.29 bits per heavy atom. The van der Waals surface area contributed by atoms with Crippen molar-refractivity contribution in [2.24, 2.45) is 0 Å². The predicted octanol–water partition coefficient (Wildman–Crippen LogP) is 1.57. The number of halogens is 3. The summed E-state index contributed by atoms with van der Waals surface area (Å²) >= 11 is 0. The van der Waals surface area contributed by atoms with Crippen LogP contribution in [0.2, 0.25) is 0 Å². The van der Waals surface area contributed by atoms with Crippen molar-refractivity contribution in [2.45, 2.75) is 18.9 Å². The molecule has 0 aliphatic rings. The van der Waals surface area contributed by atoms with Crippen LogP contribution in [0.5, 0.6) is 0 Å². The quantitative estimate of drug-likeness (QED) is 0.650. The Labute approximate surface area is 95.8 Å². The summed E-state index contributed by atoms with van der Waals surface area (Å²) in [6.07, 6.45) is -1.84. The average Bonchev–Trinajstić information content (AvgIpc) is 2.25. The van der Waals surface area contributed by atoms with Crippen molar-refractivity contribution in [1.82, 2.24) is 0 Å². The van der Waals surface area contributed by atoms with Crippen molar-refractivity contribution in [2.75, 3.05) is 7.11 Å². The van der Waals surface area contributed by atoms with Gasteiger partial charge in [0.1, 0.15) is 5.82 Å². The molecular formula is C11H11F3O3. The first-order valence-electron chi connectivity index (χ1n) is 4.82. The largest absolute Gasteiger partial charge is 0.469 e. The fourth-order valence-electron chi connectivity index (χ4n) is 1.32. The first kappa shape index (κ1) is 13.5. The average molecular weight is 248 g/mol. The molecule has 0 fully saturated rings. The van der Waals surface area contributed by atoms with Crippen LogP contribution in [0, 0.1) is 17.5 Å². The maximum atomic E-state index is 13.2. The van der Waals surface area contributed by atoms with Gasteiger partial charge in [-0.1, -0.05) is 0 Å². The van der Waals surface area contributed by atoms with Gasteiger partial charge in [0.25, 0.3) is 0 Å². The summed E-state index contributed by atoms with van der Waals surface area (Å²) in [5, 5.41) is 9.41. The van der Waals surface area contributed by atoms with Gasteiger partial charge in [0.05, 0.1) is 19.6 Å². The molecule has 0 saturated carbocycles. The molecule has 1 aromatic rings. The molecule has 1 N–H and O–H groups in total. The van der Waals surface area contributed by atoms with E-state index >= 15 is 0 Å². The fraction of sp³-hybridized carbons (Fsp3) is 0.364. The monoisotopic (exact) mass is 248 g/mol. The Balaban J connectivity index is 2.74. The number of ether oxygens (including phenoxy) is 1. The Morgan fingerprint density at radius 2 is 1.88 bits per heavy atom. The van der Waals surface area contributed by atoms with E-state index in [1.54, 1.807) is 0 Å². The molecule has 0 bridgehead atoms. The SMILES string of the molecule is COC(=O)C[C@@H](O)Cc1cc(F)c(F)cc1F. The third-order valence-electron chi connectivity index (χ3n) is 2.17. The summed E-state index contributed by atoms with van der Waals surface area (Å²) < 4.78 is 42.9. The highest BCUT2D eigenvalue weighted by molar-refractivity contribution is 5.69. The first-order valence-corrected chi connectivity index (χ1v) is 4.82. The molecule has 1 aromatic carbocycles. The molecule has 0 unspecified atom stereocenters. The number of carbonyl (C=O) groups is 1. The standard InChI is InChI=1S/C11H11F3O3/c1-17-11(16)4-7(15)2-6-3-9(13)10(14)5-8(6)12/h3,5,7,15H,2,4H2,1H3/t7-/m0/s1. The zero-order valence-electron chi connectivity index (χ0n) is 9.04. The summed E-state index contributed by atoms with van der Waals surface area (Å²) in [7, 11) is 1.15. The highest BCUT2D eigenvalue weighted by atomic mass is 19.2. The van der Waals surface area contributed by atoms with Crippen molar-refractivity contribution < 1.29 is 27.8 Å². The molecule has 94 valence electrons. The number of benzene rings is 1. The molecule has 17 heavy (non-hydrogen) atoms. The molecule has 0 saturated heterocycles. The summed E-state index contributed by atoms with van der Waals surface area (Å²) in [4.78, 5) is 10.8. The third kappa shape index (κ3) is 3.74. The number of methoxy groups -OCH3 is 1. The van der Waals surface area contributed by atoms with Crippen LogP contribution in [0.25, 0.3) is 0 Å². The van der Waals surface area contributed by atoms with Gasteiger partial charge in [-0.15, -0.1) is 0 Å². The van der Waals surface area contributed by atoms with Crippen LogP contribution in [0.15, 0.2) is 12.1 Å². The van der Waals surface area contributed by atoms with Gasteiger partial charge in [0.15, 0.2) is 11.6 Å². The lowest BCUT2D eigenvalue weighted by Gasteiger charge is -2.10. The molecule has 3 nitrogen and oxygen atoms in total. The van der Waals surface area contributed by atoms with E-state index in [4.69, 9.17) is 0 Å². The first-order chi connectivity index (χ1) is 7.93. The van der Waals surface area contributed by atoms with Crippen molar-refractivity contribution in [3.8, 4) is 0 Å². The molecule has 0 amide bonds. The van der Waals surface area contributed by atoms with Crippen LogP contribution >= 0.6 is 0 Å². The number of rotatable bonds is 4. The van der Waals surface area contributed by atoms with E-state index < -0.39 is 29.5 Å². The van der Waals surface area contributed by atoms with Crippen LogP contribution < -0.4 is 0 Å². The Morgan fingerprint density at radius 3 is 2.47 bits per heavy atom. The van der Waals surface area contributed by atoms with Gasteiger partial charge in [0, 0.05) is 12.5 Å². The van der Waals surface area contributed by atoms with Gasteiger partial charge in [0.2, 0.25) is 0 Å². The number of hydrogen-bond acceptors (Lipinski definition) is 3. The van der Waals surface area contributed by atoms with E-state index in [0.717, 1.165) is 7.11 Å². The van der Waals surface area contributed by atoms with Crippen LogP contribution in [0.1, 0.15) is 12.0 Å². The van der Waals surface area contributed by atoms with E-state index in [2.05, 4.69) is 4.74 Å². The van der Waals surface area contributed by atoms with Crippen LogP contribution in [0.3, 0.4) is 0 Å². The van der Waals surface area contributed by atoms with E-state index in [1.807, 2.05) is 0 Å². The second kappa shape index (κ2) is 5.67. The number of hydrogen-bond donors (Lipinski definition) is 1. The lowest BCUT2D eigenvalue weighted by molar-refractivity contribution is -0.142. The van der Waals surface area contributed by atoms with Gasteiger partial charge < -0.3 is 9.84 Å². The Bertz CT molecular complexity index is 421. The fourth-order valence-corrected chi connectivity index (χ4v) is 1.32. The van der Waals surface area contributed by atoms with Gasteiger partial charge >= 0.3 is 5.97 Å². The van der Waals surface area contributed by atoms with Gasteiger partial charge in [-0.05, 0) is 11.6 Å². The minimum absolute atomic E-state index is 0.194. The van der Waals surface area contributed by atoms with Crippen LogP contribution in [0.4, 0.5) is 13.2 Å². The minimum atomic E-state index is -1.30. The van der Waals surface area contributed by atoms with Crippen LogP contribution in [-0.2, 0) is 16.0 Å². The summed E-state index contributed by atoms with van der Waals surface area (Å²) in [5.74, 6) is -4.13. The molecule has 0 aliphatic heterocycles. The maximum absolute atomic E-state index is 13.2. The third-order valence-corrected chi connectivity index (χ3v) is 2.17. The number of carbonyl (C=O) groups excluding carboxylic acids is 1. The van der Waals surface area contributed by atoms with Gasteiger partial charge in [-0.2, -0.15) is 0 Å². The van der Waals surface area contributed by atoms with Gasteiger partial charge in [-0.3, -0.25) is 4.79 Å². The Kier molecular flexibility index (Phi) is 4.51. The second-order valence-corrected chi connectivity index (χ2v) is 3.50. The molecule has 1 rings (SSSR count). The minimum Gasteiger partial charge on any atom is -0.469 e. The lowest BCUT2D eigenvalue weighted by atomic mass is 10.0. The summed E-state index contributed by atoms with van der Waals surface area (Å²) in [6.45, 7) is 0. The smallest absolute Gasteiger partial charge is 0.308 e. The van der Waals surface area contributed by atoms with Crippen molar-refractivity contribution in [3.63, 3.8) is 0 Å². The van der Waals surface area contributed by atoms with E-state index in [9.17, 15) is 23.1 Å².